The molecule has 60 heavy (non-hydrogen) atoms. The number of thioether (sulfide) groups is 2. The standard InChI is InChI=1S/C42H90N6O8P2S2/c1-19-44(20-2)26-23-42(50)60-32-54-28-52-30-56-58(47(37(11)12)38(13)14)48(39(15)16)40(17)21-24-43(18)25-22-41(49)59-31-53-27-51-29-55-57(45(33(3)4)34(5)6)46(35(7)8)36(9)10/h33-40H,19-32H2,1-18H3. The van der Waals surface area contributed by atoms with E-state index in [0.717, 1.165) is 32.6 Å². The van der Waals surface area contributed by atoms with E-state index in [2.05, 4.69) is 153 Å². The lowest BCUT2D eigenvalue weighted by molar-refractivity contribution is -0.112. The Kier molecular flexibility index (Phi) is 35.0. The van der Waals surface area contributed by atoms with E-state index in [1.165, 1.54) is 23.5 Å². The van der Waals surface area contributed by atoms with Crippen LogP contribution in [-0.2, 0) is 37.6 Å². The Morgan fingerprint density at radius 3 is 1.18 bits per heavy atom. The van der Waals surface area contributed by atoms with E-state index < -0.39 is 16.9 Å². The van der Waals surface area contributed by atoms with Crippen LogP contribution in [0.4, 0.5) is 0 Å². The number of carbonyl (C=O) groups excluding carboxylic acids is 2. The first kappa shape index (κ1) is 60.4. The molecule has 14 nitrogen and oxygen atoms in total. The third kappa shape index (κ3) is 25.2. The lowest BCUT2D eigenvalue weighted by Gasteiger charge is -2.46. The maximum atomic E-state index is 12.8. The second-order valence-corrected chi connectivity index (χ2v) is 22.3. The van der Waals surface area contributed by atoms with Gasteiger partial charge >= 0.3 is 0 Å². The van der Waals surface area contributed by atoms with Crippen molar-refractivity contribution in [1.82, 2.24) is 28.5 Å². The lowest BCUT2D eigenvalue weighted by Crippen LogP contribution is -2.45. The highest BCUT2D eigenvalue weighted by Crippen LogP contribution is 2.52. The van der Waals surface area contributed by atoms with Crippen molar-refractivity contribution in [2.75, 3.05) is 78.8 Å². The maximum Gasteiger partial charge on any atom is 0.192 e. The van der Waals surface area contributed by atoms with Crippen molar-refractivity contribution >= 4 is 50.7 Å². The third-order valence-corrected chi connectivity index (χ3v) is 17.0. The van der Waals surface area contributed by atoms with E-state index in [4.69, 9.17) is 28.0 Å². The number of hydrogen-bond donors (Lipinski definition) is 0. The first-order valence-corrected chi connectivity index (χ1v) is 26.5. The van der Waals surface area contributed by atoms with Crippen molar-refractivity contribution in [3.05, 3.63) is 0 Å². The summed E-state index contributed by atoms with van der Waals surface area (Å²) in [5.41, 5.74) is 0. The van der Waals surface area contributed by atoms with E-state index in [-0.39, 0.29) is 73.4 Å². The van der Waals surface area contributed by atoms with Gasteiger partial charge in [0, 0.05) is 74.3 Å². The third-order valence-electron chi connectivity index (χ3n) is 9.54. The molecule has 0 rings (SSSR count). The van der Waals surface area contributed by atoms with Crippen LogP contribution >= 0.6 is 40.4 Å². The minimum Gasteiger partial charge on any atom is -0.344 e. The van der Waals surface area contributed by atoms with Gasteiger partial charge in [0.15, 0.2) is 54.3 Å². The quantitative estimate of drug-likeness (QED) is 0.0335. The van der Waals surface area contributed by atoms with Crippen LogP contribution in [0.3, 0.4) is 0 Å². The molecule has 0 N–H and O–H groups in total. The molecule has 0 heterocycles. The molecule has 0 aromatic rings. The molecule has 0 aliphatic heterocycles. The predicted octanol–water partition coefficient (Wildman–Crippen LogP) is 9.70. The summed E-state index contributed by atoms with van der Waals surface area (Å²) in [6, 6.07) is 2.27. The number of nitrogens with zero attached hydrogens (tertiary/aromatic N) is 6. The smallest absolute Gasteiger partial charge is 0.192 e. The van der Waals surface area contributed by atoms with Crippen LogP contribution in [0.25, 0.3) is 0 Å². The summed E-state index contributed by atoms with van der Waals surface area (Å²) in [5.74, 6) is 0.499. The van der Waals surface area contributed by atoms with Gasteiger partial charge in [0.1, 0.15) is 11.9 Å². The Morgan fingerprint density at radius 1 is 0.483 bits per heavy atom. The van der Waals surface area contributed by atoms with E-state index in [9.17, 15) is 9.59 Å². The Bertz CT molecular complexity index is 1060. The van der Waals surface area contributed by atoms with Crippen molar-refractivity contribution in [1.29, 1.82) is 0 Å². The average molecular weight is 933 g/mol. The van der Waals surface area contributed by atoms with Crippen LogP contribution in [0, 0.1) is 0 Å². The second-order valence-electron chi connectivity index (χ2n) is 17.0. The van der Waals surface area contributed by atoms with Crippen LogP contribution < -0.4 is 0 Å². The SMILES string of the molecule is CCN(CC)CCC(=O)SCOCOCOP(N(C(C)C)C(C)C)N(C(C)C)C(C)CCN(C)CCC(=O)SCOCOCOP(N(C(C)C)C(C)C)N(C(C)C)C(C)C. The fourth-order valence-corrected chi connectivity index (χ4v) is 12.5. The van der Waals surface area contributed by atoms with Gasteiger partial charge in [-0.3, -0.25) is 9.59 Å². The molecule has 0 saturated heterocycles. The molecule has 0 aromatic heterocycles. The first-order valence-electron chi connectivity index (χ1n) is 22.2. The predicted molar refractivity (Wildman–Crippen MR) is 257 cm³/mol. The minimum absolute atomic E-state index is 0.0594. The van der Waals surface area contributed by atoms with E-state index in [1.54, 1.807) is 0 Å². The van der Waals surface area contributed by atoms with Crippen molar-refractivity contribution in [3.8, 4) is 0 Å². The van der Waals surface area contributed by atoms with Gasteiger partial charge in [0.2, 0.25) is 0 Å². The Morgan fingerprint density at radius 2 is 0.833 bits per heavy atom. The largest absolute Gasteiger partial charge is 0.344 e. The molecule has 0 bridgehead atoms. The van der Waals surface area contributed by atoms with Crippen molar-refractivity contribution in [2.45, 2.75) is 185 Å². The average Bonchev–Trinajstić information content (AvgIpc) is 3.14. The van der Waals surface area contributed by atoms with Crippen molar-refractivity contribution in [3.63, 3.8) is 0 Å². The molecule has 2 unspecified atom stereocenters. The molecule has 0 aromatic carbocycles. The minimum atomic E-state index is -1.17. The molecule has 0 aliphatic rings. The van der Waals surface area contributed by atoms with Crippen molar-refractivity contribution in [2.24, 2.45) is 0 Å². The Hall–Kier alpha value is 0.420. The van der Waals surface area contributed by atoms with Gasteiger partial charge in [-0.1, -0.05) is 37.4 Å². The summed E-state index contributed by atoms with van der Waals surface area (Å²) in [4.78, 5) is 29.5. The van der Waals surface area contributed by atoms with Crippen LogP contribution in [0.5, 0.6) is 0 Å². The number of rotatable bonds is 37. The summed E-state index contributed by atoms with van der Waals surface area (Å²) in [7, 11) is -0.130. The topological polar surface area (TPSA) is 109 Å². The Balaban J connectivity index is 4.93. The number of ether oxygens (including phenoxy) is 4. The van der Waals surface area contributed by atoms with E-state index in [0.29, 0.717) is 43.6 Å². The molecule has 0 aliphatic carbocycles. The fraction of sp³-hybridized carbons (Fsp3) is 0.952. The molecule has 0 fully saturated rings. The summed E-state index contributed by atoms with van der Waals surface area (Å²) < 4.78 is 45.4. The highest BCUT2D eigenvalue weighted by Gasteiger charge is 2.36. The number of carbonyl (C=O) groups is 2. The monoisotopic (exact) mass is 933 g/mol. The zero-order valence-corrected chi connectivity index (χ0v) is 44.6. The summed E-state index contributed by atoms with van der Waals surface area (Å²) in [6.07, 6.45) is 1.86. The van der Waals surface area contributed by atoms with Gasteiger partial charge in [-0.2, -0.15) is 0 Å². The molecule has 0 radical (unpaired) electrons. The van der Waals surface area contributed by atoms with Gasteiger partial charge < -0.3 is 37.8 Å². The maximum absolute atomic E-state index is 12.8. The molecule has 0 saturated carbocycles. The van der Waals surface area contributed by atoms with Gasteiger partial charge in [0.25, 0.3) is 0 Å². The van der Waals surface area contributed by atoms with Crippen LogP contribution in [0.15, 0.2) is 0 Å². The molecule has 0 spiro atoms. The van der Waals surface area contributed by atoms with Gasteiger partial charge in [0.05, 0.1) is 0 Å². The molecule has 358 valence electrons. The summed E-state index contributed by atoms with van der Waals surface area (Å²) in [5, 5.41) is 0.223. The van der Waals surface area contributed by atoms with Crippen LogP contribution in [0.2, 0.25) is 0 Å². The van der Waals surface area contributed by atoms with Gasteiger partial charge in [-0.05, 0) is 137 Å². The summed E-state index contributed by atoms with van der Waals surface area (Å²) >= 11 is 2.38. The zero-order valence-electron chi connectivity index (χ0n) is 41.2. The molecule has 18 heteroatoms. The molecular weight excluding hydrogens is 843 g/mol. The molecular formula is C42H90N6O8P2S2. The fourth-order valence-electron chi connectivity index (χ4n) is 6.86. The highest BCUT2D eigenvalue weighted by molar-refractivity contribution is 8.13. The number of hydrogen-bond acceptors (Lipinski definition) is 16. The van der Waals surface area contributed by atoms with Gasteiger partial charge in [-0.15, -0.1) is 0 Å². The van der Waals surface area contributed by atoms with E-state index >= 15 is 0 Å². The van der Waals surface area contributed by atoms with Crippen LogP contribution in [0.1, 0.15) is 137 Å². The van der Waals surface area contributed by atoms with E-state index in [1.807, 2.05) is 0 Å². The Labute approximate surface area is 379 Å². The summed E-state index contributed by atoms with van der Waals surface area (Å²) in [6.45, 7) is 41.8. The zero-order chi connectivity index (χ0) is 45.9. The second kappa shape index (κ2) is 34.7. The van der Waals surface area contributed by atoms with Crippen LogP contribution in [-0.4, -0.2) is 166 Å². The highest BCUT2D eigenvalue weighted by atomic mass is 32.2. The normalized spacial score (nSPS) is 14.1. The first-order chi connectivity index (χ1) is 28.2. The van der Waals surface area contributed by atoms with Gasteiger partial charge in [-0.25, -0.2) is 18.7 Å². The van der Waals surface area contributed by atoms with Crippen molar-refractivity contribution < 1.29 is 37.6 Å². The molecule has 0 amide bonds. The molecule has 2 atom stereocenters. The lowest BCUT2D eigenvalue weighted by atomic mass is 10.2.